The molecule has 3 N–H and O–H groups in total. The molecule has 1 atom stereocenters. The van der Waals surface area contributed by atoms with Crippen molar-refractivity contribution in [3.8, 4) is 0 Å². The van der Waals surface area contributed by atoms with Crippen LogP contribution in [0.25, 0.3) is 0 Å². The van der Waals surface area contributed by atoms with Gasteiger partial charge in [-0.25, -0.2) is 9.59 Å². The number of carbonyl (C=O) groups excluding carboxylic acids is 1. The SMILES string of the molecule is O=C(NC1CCOCC1)N[C@@H](Cc1ccccc1)C(=O)O. The molecule has 0 spiro atoms. The van der Waals surface area contributed by atoms with Crippen molar-refractivity contribution < 1.29 is 19.4 Å². The molecule has 21 heavy (non-hydrogen) atoms. The normalized spacial score (nSPS) is 17.0. The quantitative estimate of drug-likeness (QED) is 0.760. The van der Waals surface area contributed by atoms with Gasteiger partial charge in [-0.1, -0.05) is 30.3 Å². The first-order valence-electron chi connectivity index (χ1n) is 7.06. The monoisotopic (exact) mass is 292 g/mol. The molecule has 1 aliphatic rings. The summed E-state index contributed by atoms with van der Waals surface area (Å²) >= 11 is 0. The number of hydrogen-bond acceptors (Lipinski definition) is 3. The van der Waals surface area contributed by atoms with Gasteiger partial charge in [0, 0.05) is 25.7 Å². The molecule has 1 aromatic carbocycles. The molecule has 2 amide bonds. The third kappa shape index (κ3) is 5.07. The second-order valence-corrected chi connectivity index (χ2v) is 5.08. The van der Waals surface area contributed by atoms with Gasteiger partial charge in [-0.05, 0) is 18.4 Å². The summed E-state index contributed by atoms with van der Waals surface area (Å²) < 4.78 is 5.21. The average Bonchev–Trinajstić information content (AvgIpc) is 2.48. The number of carbonyl (C=O) groups is 2. The second kappa shape index (κ2) is 7.64. The maximum Gasteiger partial charge on any atom is 0.326 e. The Hall–Kier alpha value is -2.08. The molecule has 0 bridgehead atoms. The summed E-state index contributed by atoms with van der Waals surface area (Å²) in [6, 6.07) is 7.90. The Bertz CT molecular complexity index is 472. The van der Waals surface area contributed by atoms with Gasteiger partial charge in [0.1, 0.15) is 6.04 Å². The lowest BCUT2D eigenvalue weighted by Gasteiger charge is -2.24. The Labute approximate surface area is 123 Å². The number of amides is 2. The van der Waals surface area contributed by atoms with Gasteiger partial charge in [0.2, 0.25) is 0 Å². The first kappa shape index (κ1) is 15.3. The molecule has 0 radical (unpaired) electrons. The topological polar surface area (TPSA) is 87.7 Å². The molecule has 0 aromatic heterocycles. The Morgan fingerprint density at radius 1 is 1.24 bits per heavy atom. The van der Waals surface area contributed by atoms with Crippen LogP contribution in [0.3, 0.4) is 0 Å². The van der Waals surface area contributed by atoms with E-state index in [0.29, 0.717) is 13.2 Å². The number of ether oxygens (including phenoxy) is 1. The molecular formula is C15H20N2O4. The highest BCUT2D eigenvalue weighted by Gasteiger charge is 2.22. The minimum Gasteiger partial charge on any atom is -0.480 e. The van der Waals surface area contributed by atoms with Crippen LogP contribution in [-0.2, 0) is 16.0 Å². The predicted molar refractivity (Wildman–Crippen MR) is 77.1 cm³/mol. The summed E-state index contributed by atoms with van der Waals surface area (Å²) in [6.45, 7) is 1.24. The standard InChI is InChI=1S/C15H20N2O4/c18-14(19)13(10-11-4-2-1-3-5-11)17-15(20)16-12-6-8-21-9-7-12/h1-5,12-13H,6-10H2,(H,18,19)(H2,16,17,20)/t13-/m0/s1. The fraction of sp³-hybridized carbons (Fsp3) is 0.467. The number of aliphatic carboxylic acids is 1. The molecule has 114 valence electrons. The van der Waals surface area contributed by atoms with Crippen LogP contribution in [0.15, 0.2) is 30.3 Å². The van der Waals surface area contributed by atoms with Crippen molar-refractivity contribution in [3.05, 3.63) is 35.9 Å². The second-order valence-electron chi connectivity index (χ2n) is 5.08. The van der Waals surface area contributed by atoms with E-state index in [1.165, 1.54) is 0 Å². The summed E-state index contributed by atoms with van der Waals surface area (Å²) in [7, 11) is 0. The van der Waals surface area contributed by atoms with Crippen LogP contribution in [-0.4, -0.2) is 42.4 Å². The van der Waals surface area contributed by atoms with E-state index >= 15 is 0 Å². The molecule has 6 nitrogen and oxygen atoms in total. The summed E-state index contributed by atoms with van der Waals surface area (Å²) in [5.74, 6) is -1.04. The van der Waals surface area contributed by atoms with Crippen molar-refractivity contribution in [3.63, 3.8) is 0 Å². The smallest absolute Gasteiger partial charge is 0.326 e. The zero-order valence-electron chi connectivity index (χ0n) is 11.7. The van der Waals surface area contributed by atoms with Crippen molar-refractivity contribution in [1.82, 2.24) is 10.6 Å². The molecule has 0 saturated carbocycles. The number of nitrogens with one attached hydrogen (secondary N) is 2. The highest BCUT2D eigenvalue weighted by molar-refractivity contribution is 5.82. The third-order valence-electron chi connectivity index (χ3n) is 3.44. The minimum atomic E-state index is -1.04. The van der Waals surface area contributed by atoms with Crippen molar-refractivity contribution in [2.24, 2.45) is 0 Å². The molecule has 0 aliphatic carbocycles. The summed E-state index contributed by atoms with van der Waals surface area (Å²) in [4.78, 5) is 23.2. The molecule has 1 fully saturated rings. The van der Waals surface area contributed by atoms with Gasteiger partial charge >= 0.3 is 12.0 Å². The molecule has 6 heteroatoms. The maximum atomic E-state index is 11.9. The maximum absolute atomic E-state index is 11.9. The first-order chi connectivity index (χ1) is 10.1. The highest BCUT2D eigenvalue weighted by Crippen LogP contribution is 2.07. The van der Waals surface area contributed by atoms with Gasteiger partial charge in [0.25, 0.3) is 0 Å². The van der Waals surface area contributed by atoms with Gasteiger partial charge in [-0.2, -0.15) is 0 Å². The average molecular weight is 292 g/mol. The van der Waals surface area contributed by atoms with Crippen molar-refractivity contribution in [2.45, 2.75) is 31.3 Å². The van der Waals surface area contributed by atoms with E-state index in [0.717, 1.165) is 18.4 Å². The lowest BCUT2D eigenvalue weighted by molar-refractivity contribution is -0.139. The molecule has 2 rings (SSSR count). The molecule has 1 aliphatic heterocycles. The predicted octanol–water partition coefficient (Wildman–Crippen LogP) is 1.16. The summed E-state index contributed by atoms with van der Waals surface area (Å²) in [5, 5.41) is 14.5. The van der Waals surface area contributed by atoms with E-state index in [9.17, 15) is 14.7 Å². The number of carboxylic acids is 1. The Balaban J connectivity index is 1.86. The van der Waals surface area contributed by atoms with E-state index in [-0.39, 0.29) is 12.5 Å². The Morgan fingerprint density at radius 3 is 2.52 bits per heavy atom. The fourth-order valence-electron chi connectivity index (χ4n) is 2.28. The summed E-state index contributed by atoms with van der Waals surface area (Å²) in [6.07, 6.45) is 1.77. The minimum absolute atomic E-state index is 0.0462. The molecule has 1 saturated heterocycles. The Kier molecular flexibility index (Phi) is 5.57. The number of rotatable bonds is 5. The largest absolute Gasteiger partial charge is 0.480 e. The van der Waals surface area contributed by atoms with E-state index in [2.05, 4.69) is 10.6 Å². The van der Waals surface area contributed by atoms with Crippen LogP contribution in [0, 0.1) is 0 Å². The van der Waals surface area contributed by atoms with E-state index in [1.807, 2.05) is 30.3 Å². The zero-order valence-corrected chi connectivity index (χ0v) is 11.7. The van der Waals surface area contributed by atoms with Gasteiger partial charge in [0.15, 0.2) is 0 Å². The van der Waals surface area contributed by atoms with Crippen molar-refractivity contribution in [2.75, 3.05) is 13.2 Å². The molecule has 1 aromatic rings. The number of benzene rings is 1. The molecule has 0 unspecified atom stereocenters. The van der Waals surface area contributed by atoms with Gasteiger partial charge in [0.05, 0.1) is 0 Å². The first-order valence-corrected chi connectivity index (χ1v) is 7.06. The van der Waals surface area contributed by atoms with E-state index < -0.39 is 18.0 Å². The van der Waals surface area contributed by atoms with Crippen molar-refractivity contribution in [1.29, 1.82) is 0 Å². The lowest BCUT2D eigenvalue weighted by Crippen LogP contribution is -2.50. The van der Waals surface area contributed by atoms with Gasteiger partial charge < -0.3 is 20.5 Å². The summed E-state index contributed by atoms with van der Waals surface area (Å²) in [5.41, 5.74) is 0.872. The molecule has 1 heterocycles. The lowest BCUT2D eigenvalue weighted by atomic mass is 10.1. The third-order valence-corrected chi connectivity index (χ3v) is 3.44. The van der Waals surface area contributed by atoms with Gasteiger partial charge in [-0.3, -0.25) is 0 Å². The number of carboxylic acid groups (broad SMARTS) is 1. The van der Waals surface area contributed by atoms with Gasteiger partial charge in [-0.15, -0.1) is 0 Å². The molecular weight excluding hydrogens is 272 g/mol. The fourth-order valence-corrected chi connectivity index (χ4v) is 2.28. The van der Waals surface area contributed by atoms with Crippen LogP contribution < -0.4 is 10.6 Å². The highest BCUT2D eigenvalue weighted by atomic mass is 16.5. The zero-order chi connectivity index (χ0) is 15.1. The van der Waals surface area contributed by atoms with Crippen LogP contribution in [0.2, 0.25) is 0 Å². The van der Waals surface area contributed by atoms with Crippen LogP contribution in [0.1, 0.15) is 18.4 Å². The van der Waals surface area contributed by atoms with Crippen LogP contribution in [0.4, 0.5) is 4.79 Å². The van der Waals surface area contributed by atoms with Crippen LogP contribution in [0.5, 0.6) is 0 Å². The van der Waals surface area contributed by atoms with Crippen molar-refractivity contribution >= 4 is 12.0 Å². The van der Waals surface area contributed by atoms with E-state index in [4.69, 9.17) is 4.74 Å². The van der Waals surface area contributed by atoms with Crippen LogP contribution >= 0.6 is 0 Å². The van der Waals surface area contributed by atoms with E-state index in [1.54, 1.807) is 0 Å². The number of urea groups is 1. The number of hydrogen-bond donors (Lipinski definition) is 3. The Morgan fingerprint density at radius 2 is 1.90 bits per heavy atom.